The summed E-state index contributed by atoms with van der Waals surface area (Å²) in [5, 5.41) is 9.51. The van der Waals surface area contributed by atoms with Crippen LogP contribution in [0.15, 0.2) is 50.7 Å². The molecular formula is C20H22BBrF6N2O6S2. The molecule has 0 bridgehead atoms. The number of benzene rings is 2. The first kappa shape index (κ1) is 32.5. The lowest BCUT2D eigenvalue weighted by Gasteiger charge is -2.32. The van der Waals surface area contributed by atoms with Gasteiger partial charge < -0.3 is 9.31 Å². The van der Waals surface area contributed by atoms with Gasteiger partial charge >= 0.3 is 19.5 Å². The van der Waals surface area contributed by atoms with Crippen LogP contribution in [0.1, 0.15) is 38.8 Å². The van der Waals surface area contributed by atoms with Gasteiger partial charge in [-0.2, -0.15) is 26.3 Å². The van der Waals surface area contributed by atoms with E-state index in [1.807, 2.05) is 0 Å². The molecule has 0 spiro atoms. The summed E-state index contributed by atoms with van der Waals surface area (Å²) in [5.74, 6) is 0. The summed E-state index contributed by atoms with van der Waals surface area (Å²) in [6.07, 6.45) is -9.63. The molecule has 0 amide bonds. The SMILES string of the molecule is CC1(C)OB(c2ccc(S(N)(=O)=O)c(C(F)(F)F)c2)OC1(C)C.NS(=O)(=O)c1ccc(Br)cc1C(F)(F)F. The zero-order chi connectivity index (χ0) is 29.7. The van der Waals surface area contributed by atoms with Gasteiger partial charge in [0, 0.05) is 4.47 Å². The van der Waals surface area contributed by atoms with Crippen LogP contribution in [0.3, 0.4) is 0 Å². The second kappa shape index (κ2) is 10.4. The van der Waals surface area contributed by atoms with Crippen molar-refractivity contribution in [3.8, 4) is 0 Å². The minimum atomic E-state index is -4.87. The van der Waals surface area contributed by atoms with Crippen LogP contribution in [0.4, 0.5) is 26.3 Å². The molecule has 2 aromatic carbocycles. The van der Waals surface area contributed by atoms with Crippen LogP contribution in [0.2, 0.25) is 0 Å². The smallest absolute Gasteiger partial charge is 0.399 e. The third kappa shape index (κ3) is 7.48. The van der Waals surface area contributed by atoms with Crippen LogP contribution >= 0.6 is 15.9 Å². The van der Waals surface area contributed by atoms with Gasteiger partial charge in [0.15, 0.2) is 0 Å². The average Bonchev–Trinajstić information content (AvgIpc) is 2.92. The molecule has 0 aromatic heterocycles. The molecule has 0 aliphatic carbocycles. The van der Waals surface area contributed by atoms with E-state index in [1.165, 1.54) is 12.1 Å². The molecule has 0 unspecified atom stereocenters. The van der Waals surface area contributed by atoms with E-state index in [0.717, 1.165) is 12.1 Å². The van der Waals surface area contributed by atoms with Crippen LogP contribution in [-0.4, -0.2) is 35.2 Å². The van der Waals surface area contributed by atoms with E-state index in [4.69, 9.17) is 14.4 Å². The van der Waals surface area contributed by atoms with Crippen molar-refractivity contribution in [3.05, 3.63) is 52.0 Å². The van der Waals surface area contributed by atoms with Gasteiger partial charge in [-0.05, 0) is 63.5 Å². The zero-order valence-corrected chi connectivity index (χ0v) is 23.3. The summed E-state index contributed by atoms with van der Waals surface area (Å²) in [6, 6.07) is 5.37. The quantitative estimate of drug-likeness (QED) is 0.382. The van der Waals surface area contributed by atoms with Gasteiger partial charge in [-0.25, -0.2) is 27.1 Å². The summed E-state index contributed by atoms with van der Waals surface area (Å²) in [6.45, 7) is 7.04. The Balaban J connectivity index is 0.000000293. The number of rotatable bonds is 3. The molecule has 8 nitrogen and oxygen atoms in total. The van der Waals surface area contributed by atoms with Crippen molar-refractivity contribution in [2.75, 3.05) is 0 Å². The Morgan fingerprint density at radius 2 is 1.11 bits per heavy atom. The second-order valence-corrected chi connectivity index (χ2v) is 13.0. The molecule has 0 saturated carbocycles. The summed E-state index contributed by atoms with van der Waals surface area (Å²) >= 11 is 2.82. The third-order valence-electron chi connectivity index (χ3n) is 5.69. The molecule has 18 heteroatoms. The first-order chi connectivity index (χ1) is 16.8. The first-order valence-electron chi connectivity index (χ1n) is 10.3. The molecule has 1 heterocycles. The fourth-order valence-electron chi connectivity index (χ4n) is 3.11. The van der Waals surface area contributed by atoms with Gasteiger partial charge in [0.2, 0.25) is 20.0 Å². The molecule has 4 N–H and O–H groups in total. The molecule has 212 valence electrons. The Morgan fingerprint density at radius 1 is 0.737 bits per heavy atom. The van der Waals surface area contributed by atoms with Crippen LogP contribution in [-0.2, 0) is 41.7 Å². The molecule has 1 aliphatic heterocycles. The number of primary sulfonamides is 2. The Bertz CT molecular complexity index is 1410. The highest BCUT2D eigenvalue weighted by molar-refractivity contribution is 9.10. The Hall–Kier alpha value is -1.70. The van der Waals surface area contributed by atoms with Crippen LogP contribution in [0.5, 0.6) is 0 Å². The Labute approximate surface area is 224 Å². The molecule has 1 saturated heterocycles. The normalized spacial score (nSPS) is 17.7. The van der Waals surface area contributed by atoms with E-state index in [9.17, 15) is 43.2 Å². The fourth-order valence-corrected chi connectivity index (χ4v) is 4.95. The molecule has 3 rings (SSSR count). The van der Waals surface area contributed by atoms with Crippen molar-refractivity contribution in [1.29, 1.82) is 0 Å². The monoisotopic (exact) mass is 654 g/mol. The Morgan fingerprint density at radius 3 is 1.47 bits per heavy atom. The molecule has 0 radical (unpaired) electrons. The highest BCUT2D eigenvalue weighted by Crippen LogP contribution is 2.38. The molecule has 38 heavy (non-hydrogen) atoms. The highest BCUT2D eigenvalue weighted by Gasteiger charge is 2.52. The lowest BCUT2D eigenvalue weighted by Crippen LogP contribution is -2.41. The van der Waals surface area contributed by atoms with Crippen molar-refractivity contribution in [2.24, 2.45) is 10.3 Å². The average molecular weight is 655 g/mol. The van der Waals surface area contributed by atoms with Gasteiger partial charge in [0.05, 0.1) is 32.1 Å². The summed E-state index contributed by atoms with van der Waals surface area (Å²) in [4.78, 5) is -1.91. The summed E-state index contributed by atoms with van der Waals surface area (Å²) in [7, 11) is -9.91. The number of nitrogens with two attached hydrogens (primary N) is 2. The largest absolute Gasteiger partial charge is 0.494 e. The Kier molecular flexibility index (Phi) is 8.87. The maximum atomic E-state index is 13.1. The number of hydrogen-bond donors (Lipinski definition) is 2. The highest BCUT2D eigenvalue weighted by atomic mass is 79.9. The van der Waals surface area contributed by atoms with Crippen molar-refractivity contribution in [3.63, 3.8) is 0 Å². The van der Waals surface area contributed by atoms with E-state index >= 15 is 0 Å². The van der Waals surface area contributed by atoms with Gasteiger partial charge in [-0.15, -0.1) is 0 Å². The number of sulfonamides is 2. The van der Waals surface area contributed by atoms with Gasteiger partial charge in [-0.1, -0.05) is 22.0 Å². The standard InChI is InChI=1S/C13H17BF3NO4S.C7H5BrF3NO2S/c1-11(2)12(3,4)22-14(21-11)8-5-6-10(23(18,19)20)9(7-8)13(15,16)17;8-4-1-2-6(15(12,13)14)5(3-4)7(9,10)11/h5-7H,1-4H3,(H2,18,19,20);1-3H,(H2,12,13,14). The number of halogens is 7. The lowest BCUT2D eigenvalue weighted by atomic mass is 9.78. The first-order valence-corrected chi connectivity index (χ1v) is 14.1. The fraction of sp³-hybridized carbons (Fsp3) is 0.400. The summed E-state index contributed by atoms with van der Waals surface area (Å²) in [5.41, 5.74) is -4.00. The van der Waals surface area contributed by atoms with E-state index in [1.54, 1.807) is 27.7 Å². The van der Waals surface area contributed by atoms with Gasteiger partial charge in [-0.3, -0.25) is 0 Å². The molecule has 0 atom stereocenters. The molecule has 2 aromatic rings. The van der Waals surface area contributed by atoms with Gasteiger partial charge in [0.25, 0.3) is 0 Å². The van der Waals surface area contributed by atoms with Crippen LogP contribution in [0, 0.1) is 0 Å². The second-order valence-electron chi connectivity index (χ2n) is 9.07. The van der Waals surface area contributed by atoms with E-state index in [-0.39, 0.29) is 9.94 Å². The number of alkyl halides is 6. The summed E-state index contributed by atoms with van der Waals surface area (Å²) < 4.78 is 133. The van der Waals surface area contributed by atoms with Crippen molar-refractivity contribution >= 4 is 48.6 Å². The minimum Gasteiger partial charge on any atom is -0.399 e. The molecule has 1 aliphatic rings. The van der Waals surface area contributed by atoms with Gasteiger partial charge in [0.1, 0.15) is 0 Å². The minimum absolute atomic E-state index is 0.0726. The molecule has 1 fully saturated rings. The van der Waals surface area contributed by atoms with E-state index < -0.39 is 71.6 Å². The predicted octanol–water partition coefficient (Wildman–Crippen LogP) is 3.77. The third-order valence-corrected chi connectivity index (χ3v) is 8.13. The van der Waals surface area contributed by atoms with Crippen LogP contribution in [0.25, 0.3) is 0 Å². The van der Waals surface area contributed by atoms with E-state index in [0.29, 0.717) is 12.1 Å². The number of hydrogen-bond acceptors (Lipinski definition) is 6. The maximum Gasteiger partial charge on any atom is 0.494 e. The maximum absolute atomic E-state index is 13.1. The van der Waals surface area contributed by atoms with Crippen molar-refractivity contribution in [1.82, 2.24) is 0 Å². The van der Waals surface area contributed by atoms with Crippen molar-refractivity contribution in [2.45, 2.75) is 61.0 Å². The van der Waals surface area contributed by atoms with Crippen molar-refractivity contribution < 1.29 is 52.5 Å². The van der Waals surface area contributed by atoms with E-state index in [2.05, 4.69) is 21.1 Å². The van der Waals surface area contributed by atoms with Crippen LogP contribution < -0.4 is 15.7 Å². The molecular weight excluding hydrogens is 633 g/mol. The topological polar surface area (TPSA) is 139 Å². The predicted molar refractivity (Wildman–Crippen MR) is 129 cm³/mol. The lowest BCUT2D eigenvalue weighted by molar-refractivity contribution is -0.140. The zero-order valence-electron chi connectivity index (χ0n) is 20.1.